The first-order valence-corrected chi connectivity index (χ1v) is 7.62. The van der Waals surface area contributed by atoms with Crippen LogP contribution in [-0.2, 0) is 24.3 Å². The summed E-state index contributed by atoms with van der Waals surface area (Å²) in [7, 11) is 3.67. The van der Waals surface area contributed by atoms with E-state index in [-0.39, 0.29) is 0 Å². The van der Waals surface area contributed by atoms with Crippen LogP contribution in [0.4, 0.5) is 0 Å². The molecule has 0 saturated heterocycles. The SMILES string of the molecule is CNCc1sc(Cc2cc(C)cc(C)c2)nc1COC. The quantitative estimate of drug-likeness (QED) is 0.887. The average Bonchev–Trinajstić information content (AvgIpc) is 2.71. The summed E-state index contributed by atoms with van der Waals surface area (Å²) in [5, 5.41) is 4.35. The molecule has 0 aliphatic heterocycles. The predicted molar refractivity (Wildman–Crippen MR) is 84.3 cm³/mol. The van der Waals surface area contributed by atoms with Gasteiger partial charge < -0.3 is 10.1 Å². The largest absolute Gasteiger partial charge is 0.378 e. The molecule has 1 heterocycles. The molecule has 4 heteroatoms. The molecule has 108 valence electrons. The van der Waals surface area contributed by atoms with Gasteiger partial charge in [0.05, 0.1) is 17.3 Å². The van der Waals surface area contributed by atoms with Gasteiger partial charge in [-0.05, 0) is 26.5 Å². The lowest BCUT2D eigenvalue weighted by Gasteiger charge is -2.02. The summed E-state index contributed by atoms with van der Waals surface area (Å²) in [5.41, 5.74) is 5.01. The minimum atomic E-state index is 0.584. The number of thiazole rings is 1. The molecule has 0 atom stereocenters. The fourth-order valence-electron chi connectivity index (χ4n) is 2.41. The topological polar surface area (TPSA) is 34.2 Å². The fourth-order valence-corrected chi connectivity index (χ4v) is 3.52. The van der Waals surface area contributed by atoms with E-state index in [4.69, 9.17) is 9.72 Å². The molecule has 2 rings (SSSR count). The summed E-state index contributed by atoms with van der Waals surface area (Å²) in [6.07, 6.45) is 0.896. The smallest absolute Gasteiger partial charge is 0.0976 e. The Bertz CT molecular complexity index is 534. The fraction of sp³-hybridized carbons (Fsp3) is 0.438. The van der Waals surface area contributed by atoms with Crippen molar-refractivity contribution in [3.8, 4) is 0 Å². The van der Waals surface area contributed by atoms with Crippen molar-refractivity contribution >= 4 is 11.3 Å². The summed E-state index contributed by atoms with van der Waals surface area (Å²) in [6.45, 7) is 5.71. The number of nitrogens with one attached hydrogen (secondary N) is 1. The van der Waals surface area contributed by atoms with Gasteiger partial charge in [0.2, 0.25) is 0 Å². The Labute approximate surface area is 125 Å². The third-order valence-corrected chi connectivity index (χ3v) is 4.18. The minimum Gasteiger partial charge on any atom is -0.378 e. The van der Waals surface area contributed by atoms with Gasteiger partial charge in [0, 0.05) is 25.0 Å². The van der Waals surface area contributed by atoms with Crippen molar-refractivity contribution in [2.75, 3.05) is 14.2 Å². The van der Waals surface area contributed by atoms with Crippen LogP contribution in [0.1, 0.15) is 32.3 Å². The van der Waals surface area contributed by atoms with Crippen LogP contribution < -0.4 is 5.32 Å². The molecule has 0 aliphatic rings. The highest BCUT2D eigenvalue weighted by Crippen LogP contribution is 2.22. The zero-order chi connectivity index (χ0) is 14.5. The van der Waals surface area contributed by atoms with Crippen LogP contribution in [0.25, 0.3) is 0 Å². The van der Waals surface area contributed by atoms with Gasteiger partial charge >= 0.3 is 0 Å². The maximum absolute atomic E-state index is 5.23. The molecule has 0 unspecified atom stereocenters. The maximum atomic E-state index is 5.23. The van der Waals surface area contributed by atoms with E-state index in [9.17, 15) is 0 Å². The number of hydrogen-bond donors (Lipinski definition) is 1. The summed E-state index contributed by atoms with van der Waals surface area (Å²) in [6, 6.07) is 6.68. The van der Waals surface area contributed by atoms with E-state index in [0.29, 0.717) is 6.61 Å². The van der Waals surface area contributed by atoms with Gasteiger partial charge in [-0.1, -0.05) is 29.3 Å². The molecule has 1 aromatic carbocycles. The van der Waals surface area contributed by atoms with Gasteiger partial charge in [0.25, 0.3) is 0 Å². The second-order valence-corrected chi connectivity index (χ2v) is 6.28. The first-order valence-electron chi connectivity index (χ1n) is 6.80. The average molecular weight is 290 g/mol. The molecule has 20 heavy (non-hydrogen) atoms. The minimum absolute atomic E-state index is 0.584. The molecule has 0 spiro atoms. The maximum Gasteiger partial charge on any atom is 0.0976 e. The van der Waals surface area contributed by atoms with E-state index < -0.39 is 0 Å². The highest BCUT2D eigenvalue weighted by Gasteiger charge is 2.11. The third kappa shape index (κ3) is 3.88. The molecular weight excluding hydrogens is 268 g/mol. The van der Waals surface area contributed by atoms with Crippen LogP contribution in [0, 0.1) is 13.8 Å². The molecule has 1 N–H and O–H groups in total. The molecular formula is C16H22N2OS. The van der Waals surface area contributed by atoms with E-state index in [0.717, 1.165) is 23.7 Å². The summed E-state index contributed by atoms with van der Waals surface area (Å²) >= 11 is 1.78. The van der Waals surface area contributed by atoms with Crippen LogP contribution in [0.15, 0.2) is 18.2 Å². The van der Waals surface area contributed by atoms with Crippen molar-refractivity contribution in [3.63, 3.8) is 0 Å². The molecule has 0 saturated carbocycles. The number of nitrogens with zero attached hydrogens (tertiary/aromatic N) is 1. The molecule has 0 radical (unpaired) electrons. The van der Waals surface area contributed by atoms with E-state index in [1.807, 2.05) is 7.05 Å². The van der Waals surface area contributed by atoms with Crippen molar-refractivity contribution in [3.05, 3.63) is 50.5 Å². The predicted octanol–water partition coefficient (Wildman–Crippen LogP) is 3.22. The second kappa shape index (κ2) is 6.97. The zero-order valence-corrected chi connectivity index (χ0v) is 13.4. The van der Waals surface area contributed by atoms with Crippen LogP contribution in [-0.4, -0.2) is 19.1 Å². The first kappa shape index (κ1) is 15.2. The summed E-state index contributed by atoms with van der Waals surface area (Å²) in [5.74, 6) is 0. The number of aromatic nitrogens is 1. The molecule has 0 fully saturated rings. The van der Waals surface area contributed by atoms with Gasteiger partial charge in [-0.3, -0.25) is 0 Å². The van der Waals surface area contributed by atoms with Gasteiger partial charge in [0.1, 0.15) is 0 Å². The van der Waals surface area contributed by atoms with Crippen LogP contribution in [0.3, 0.4) is 0 Å². The second-order valence-electron chi connectivity index (χ2n) is 5.11. The van der Waals surface area contributed by atoms with E-state index >= 15 is 0 Å². The Balaban J connectivity index is 2.22. The molecule has 0 bridgehead atoms. The van der Waals surface area contributed by atoms with Crippen molar-refractivity contribution in [1.82, 2.24) is 10.3 Å². The Morgan fingerprint density at radius 2 is 1.90 bits per heavy atom. The Morgan fingerprint density at radius 3 is 2.50 bits per heavy atom. The van der Waals surface area contributed by atoms with E-state index in [1.165, 1.54) is 21.6 Å². The van der Waals surface area contributed by atoms with Crippen molar-refractivity contribution < 1.29 is 4.74 Å². The number of hydrogen-bond acceptors (Lipinski definition) is 4. The van der Waals surface area contributed by atoms with Gasteiger partial charge in [-0.15, -0.1) is 11.3 Å². The van der Waals surface area contributed by atoms with E-state index in [1.54, 1.807) is 18.4 Å². The zero-order valence-electron chi connectivity index (χ0n) is 12.6. The molecule has 0 amide bonds. The highest BCUT2D eigenvalue weighted by molar-refractivity contribution is 7.11. The molecule has 2 aromatic rings. The third-order valence-electron chi connectivity index (χ3n) is 3.08. The highest BCUT2D eigenvalue weighted by atomic mass is 32.1. The Hall–Kier alpha value is -1.23. The number of benzene rings is 1. The van der Waals surface area contributed by atoms with Crippen LogP contribution in [0.2, 0.25) is 0 Å². The van der Waals surface area contributed by atoms with Gasteiger partial charge in [-0.2, -0.15) is 0 Å². The number of ether oxygens (including phenoxy) is 1. The van der Waals surface area contributed by atoms with Gasteiger partial charge in [0.15, 0.2) is 0 Å². The van der Waals surface area contributed by atoms with Crippen molar-refractivity contribution in [2.45, 2.75) is 33.4 Å². The van der Waals surface area contributed by atoms with Crippen molar-refractivity contribution in [2.24, 2.45) is 0 Å². The monoisotopic (exact) mass is 290 g/mol. The normalized spacial score (nSPS) is 11.0. The summed E-state index contributed by atoms with van der Waals surface area (Å²) < 4.78 is 5.23. The first-order chi connectivity index (χ1) is 9.62. The lowest BCUT2D eigenvalue weighted by Crippen LogP contribution is -2.06. The molecule has 0 aliphatic carbocycles. The lowest BCUT2D eigenvalue weighted by atomic mass is 10.1. The molecule has 3 nitrogen and oxygen atoms in total. The van der Waals surface area contributed by atoms with Crippen molar-refractivity contribution in [1.29, 1.82) is 0 Å². The van der Waals surface area contributed by atoms with Crippen LogP contribution in [0.5, 0.6) is 0 Å². The number of rotatable bonds is 6. The summed E-state index contributed by atoms with van der Waals surface area (Å²) in [4.78, 5) is 6.00. The number of aryl methyl sites for hydroxylation is 2. The van der Waals surface area contributed by atoms with Gasteiger partial charge in [-0.25, -0.2) is 4.98 Å². The standard InChI is InChI=1S/C16H22N2OS/c1-11-5-12(2)7-13(6-11)8-16-18-14(10-19-4)15(20-16)9-17-3/h5-7,17H,8-10H2,1-4H3. The van der Waals surface area contributed by atoms with E-state index in [2.05, 4.69) is 37.4 Å². The molecule has 1 aromatic heterocycles. The Morgan fingerprint density at radius 1 is 1.20 bits per heavy atom. The number of methoxy groups -OCH3 is 1. The van der Waals surface area contributed by atoms with Crippen LogP contribution >= 0.6 is 11.3 Å². The Kier molecular flexibility index (Phi) is 5.29. The lowest BCUT2D eigenvalue weighted by molar-refractivity contribution is 0.181.